The van der Waals surface area contributed by atoms with Gasteiger partial charge in [0.25, 0.3) is 0 Å². The van der Waals surface area contributed by atoms with Crippen molar-refractivity contribution in [1.29, 1.82) is 0 Å². The fraction of sp³-hybridized carbons (Fsp3) is 0.333. The van der Waals surface area contributed by atoms with Crippen molar-refractivity contribution in [3.8, 4) is 11.1 Å². The summed E-state index contributed by atoms with van der Waals surface area (Å²) < 4.78 is 7.73. The monoisotopic (exact) mass is 388 g/mol. The van der Waals surface area contributed by atoms with Crippen molar-refractivity contribution < 1.29 is 4.52 Å². The minimum Gasteiger partial charge on any atom is -0.361 e. The Bertz CT molecular complexity index is 1090. The topological polar surface area (TPSA) is 47.1 Å². The van der Waals surface area contributed by atoms with Gasteiger partial charge in [-0.3, -0.25) is 0 Å². The Morgan fingerprint density at radius 2 is 1.79 bits per heavy atom. The Balaban J connectivity index is 1.71. The van der Waals surface area contributed by atoms with Crippen LogP contribution in [0.2, 0.25) is 0 Å². The third-order valence-electron chi connectivity index (χ3n) is 5.40. The molecule has 0 saturated carbocycles. The van der Waals surface area contributed by atoms with Crippen LogP contribution in [0.1, 0.15) is 22.8 Å². The lowest BCUT2D eigenvalue weighted by Gasteiger charge is -2.13. The number of likely N-dealkylation sites (N-methyl/N-ethyl adjacent to an activating group) is 1. The first-order chi connectivity index (χ1) is 14.0. The van der Waals surface area contributed by atoms with Crippen molar-refractivity contribution >= 4 is 11.0 Å². The molecular formula is C24H28N4O. The van der Waals surface area contributed by atoms with E-state index in [4.69, 9.17) is 9.51 Å². The van der Waals surface area contributed by atoms with E-state index in [1.165, 1.54) is 11.1 Å². The van der Waals surface area contributed by atoms with Crippen molar-refractivity contribution in [1.82, 2.24) is 19.6 Å². The van der Waals surface area contributed by atoms with E-state index in [2.05, 4.69) is 77.2 Å². The summed E-state index contributed by atoms with van der Waals surface area (Å²) in [6.45, 7) is 5.85. The average Bonchev–Trinajstić information content (AvgIpc) is 3.23. The highest BCUT2D eigenvalue weighted by atomic mass is 16.5. The second-order valence-electron chi connectivity index (χ2n) is 7.87. The number of nitrogens with zero attached hydrogens (tertiary/aromatic N) is 4. The minimum absolute atomic E-state index is 0.846. The fourth-order valence-electron chi connectivity index (χ4n) is 3.87. The molecule has 5 heteroatoms. The second kappa shape index (κ2) is 8.21. The lowest BCUT2D eigenvalue weighted by molar-refractivity contribution is 0.383. The summed E-state index contributed by atoms with van der Waals surface area (Å²) >= 11 is 0. The van der Waals surface area contributed by atoms with Crippen molar-refractivity contribution in [3.05, 3.63) is 71.4 Å². The third kappa shape index (κ3) is 4.10. The van der Waals surface area contributed by atoms with Crippen molar-refractivity contribution in [3.63, 3.8) is 0 Å². The van der Waals surface area contributed by atoms with E-state index >= 15 is 0 Å². The lowest BCUT2D eigenvalue weighted by Crippen LogP contribution is -2.19. The molecule has 0 bridgehead atoms. The van der Waals surface area contributed by atoms with Crippen molar-refractivity contribution in [2.24, 2.45) is 0 Å². The maximum absolute atomic E-state index is 5.36. The Hall–Kier alpha value is -2.92. The number of imidazole rings is 1. The zero-order chi connectivity index (χ0) is 20.4. The van der Waals surface area contributed by atoms with Gasteiger partial charge < -0.3 is 14.0 Å². The van der Waals surface area contributed by atoms with E-state index < -0.39 is 0 Å². The summed E-state index contributed by atoms with van der Waals surface area (Å²) in [4.78, 5) is 7.24. The largest absolute Gasteiger partial charge is 0.361 e. The molecule has 0 aliphatic carbocycles. The molecule has 5 nitrogen and oxygen atoms in total. The van der Waals surface area contributed by atoms with E-state index in [9.17, 15) is 0 Å². The number of hydrogen-bond donors (Lipinski definition) is 0. The van der Waals surface area contributed by atoms with Gasteiger partial charge in [-0.1, -0.05) is 41.6 Å². The van der Waals surface area contributed by atoms with Crippen LogP contribution in [-0.4, -0.2) is 40.2 Å². The molecule has 29 heavy (non-hydrogen) atoms. The van der Waals surface area contributed by atoms with Crippen LogP contribution in [-0.2, 0) is 19.4 Å². The molecule has 0 aliphatic rings. The fourth-order valence-corrected chi connectivity index (χ4v) is 3.87. The third-order valence-corrected chi connectivity index (χ3v) is 5.40. The van der Waals surface area contributed by atoms with E-state index in [-0.39, 0.29) is 0 Å². The second-order valence-corrected chi connectivity index (χ2v) is 7.87. The summed E-state index contributed by atoms with van der Waals surface area (Å²) in [6.07, 6.45) is 1.91. The van der Waals surface area contributed by atoms with Crippen LogP contribution in [0.4, 0.5) is 0 Å². The number of rotatable bonds is 7. The summed E-state index contributed by atoms with van der Waals surface area (Å²) in [6, 6.07) is 17.1. The van der Waals surface area contributed by atoms with Gasteiger partial charge in [-0.25, -0.2) is 4.98 Å². The van der Waals surface area contributed by atoms with Crippen LogP contribution in [0.25, 0.3) is 22.2 Å². The first-order valence-electron chi connectivity index (χ1n) is 10.1. The quantitative estimate of drug-likeness (QED) is 0.462. The maximum Gasteiger partial charge on any atom is 0.141 e. The summed E-state index contributed by atoms with van der Waals surface area (Å²) in [5, 5.41) is 4.10. The SMILES string of the molecule is Cc1noc(C)c1-c1ccc2c(c1)nc(CCc1ccccc1)n2CCN(C)C. The molecule has 2 heterocycles. The number of aryl methyl sites for hydroxylation is 4. The number of benzene rings is 2. The highest BCUT2D eigenvalue weighted by Gasteiger charge is 2.16. The smallest absolute Gasteiger partial charge is 0.141 e. The van der Waals surface area contributed by atoms with Crippen LogP contribution in [0.15, 0.2) is 53.1 Å². The average molecular weight is 389 g/mol. The predicted molar refractivity (Wildman–Crippen MR) is 117 cm³/mol. The van der Waals surface area contributed by atoms with Gasteiger partial charge in [0.2, 0.25) is 0 Å². The molecule has 0 N–H and O–H groups in total. The Kier molecular flexibility index (Phi) is 5.49. The zero-order valence-electron chi connectivity index (χ0n) is 17.6. The summed E-state index contributed by atoms with van der Waals surface area (Å²) in [5.74, 6) is 1.99. The number of hydrogen-bond acceptors (Lipinski definition) is 4. The van der Waals surface area contributed by atoms with E-state index in [1.807, 2.05) is 13.8 Å². The molecule has 4 aromatic rings. The molecule has 0 amide bonds. The number of aromatic nitrogens is 3. The van der Waals surface area contributed by atoms with Crippen molar-refractivity contribution in [2.75, 3.05) is 20.6 Å². The van der Waals surface area contributed by atoms with E-state index in [0.29, 0.717) is 0 Å². The molecule has 0 spiro atoms. The molecule has 150 valence electrons. The van der Waals surface area contributed by atoms with Gasteiger partial charge in [0, 0.05) is 25.1 Å². The van der Waals surface area contributed by atoms with Crippen LogP contribution >= 0.6 is 0 Å². The lowest BCUT2D eigenvalue weighted by atomic mass is 10.0. The summed E-state index contributed by atoms with van der Waals surface area (Å²) in [5.41, 5.74) is 6.66. The first kappa shape index (κ1) is 19.4. The Morgan fingerprint density at radius 1 is 1.00 bits per heavy atom. The van der Waals surface area contributed by atoms with Crippen LogP contribution in [0, 0.1) is 13.8 Å². The van der Waals surface area contributed by atoms with Gasteiger partial charge in [-0.15, -0.1) is 0 Å². The molecule has 2 aromatic heterocycles. The number of fused-ring (bicyclic) bond motifs is 1. The molecule has 0 aliphatic heterocycles. The standard InChI is InChI=1S/C24H28N4O/c1-17-24(18(2)29-26-17)20-11-12-22-21(16-20)25-23(28(22)15-14-27(3)4)13-10-19-8-6-5-7-9-19/h5-9,11-12,16H,10,13-15H2,1-4H3. The predicted octanol–water partition coefficient (Wildman–Crippen LogP) is 4.65. The molecular weight excluding hydrogens is 360 g/mol. The molecule has 2 aromatic carbocycles. The molecule has 0 fully saturated rings. The van der Waals surface area contributed by atoms with Crippen molar-refractivity contribution in [2.45, 2.75) is 33.2 Å². The normalized spacial score (nSPS) is 11.6. The Labute approximate surface area is 172 Å². The molecule has 0 radical (unpaired) electrons. The van der Waals surface area contributed by atoms with Crippen LogP contribution in [0.5, 0.6) is 0 Å². The maximum atomic E-state index is 5.36. The van der Waals surface area contributed by atoms with E-state index in [1.54, 1.807) is 0 Å². The van der Waals surface area contributed by atoms with Crippen LogP contribution in [0.3, 0.4) is 0 Å². The molecule has 4 rings (SSSR count). The molecule has 0 unspecified atom stereocenters. The van der Waals surface area contributed by atoms with Crippen LogP contribution < -0.4 is 0 Å². The molecule has 0 saturated heterocycles. The van der Waals surface area contributed by atoms with Gasteiger partial charge >= 0.3 is 0 Å². The van der Waals surface area contributed by atoms with E-state index in [0.717, 1.165) is 59.9 Å². The van der Waals surface area contributed by atoms with Gasteiger partial charge in [-0.2, -0.15) is 0 Å². The Morgan fingerprint density at radius 3 is 2.48 bits per heavy atom. The van der Waals surface area contributed by atoms with Gasteiger partial charge in [0.15, 0.2) is 0 Å². The van der Waals surface area contributed by atoms with Gasteiger partial charge in [0.05, 0.1) is 16.7 Å². The molecule has 0 atom stereocenters. The van der Waals surface area contributed by atoms with Gasteiger partial charge in [0.1, 0.15) is 11.6 Å². The summed E-state index contributed by atoms with van der Waals surface area (Å²) in [7, 11) is 4.22. The minimum atomic E-state index is 0.846. The first-order valence-corrected chi connectivity index (χ1v) is 10.1. The van der Waals surface area contributed by atoms with Gasteiger partial charge in [-0.05, 0) is 57.6 Å². The highest BCUT2D eigenvalue weighted by molar-refractivity contribution is 5.83. The zero-order valence-corrected chi connectivity index (χ0v) is 17.6. The highest BCUT2D eigenvalue weighted by Crippen LogP contribution is 2.30.